The normalized spacial score (nSPS) is 26.0. The van der Waals surface area contributed by atoms with Crippen LogP contribution in [0.2, 0.25) is 0 Å². The first-order valence-electron chi connectivity index (χ1n) is 7.48. The average Bonchev–Trinajstić information content (AvgIpc) is 2.99. The van der Waals surface area contributed by atoms with Crippen molar-refractivity contribution in [3.8, 4) is 10.6 Å². The molecule has 0 bridgehead atoms. The van der Waals surface area contributed by atoms with Crippen LogP contribution in [0, 0.1) is 18.8 Å². The van der Waals surface area contributed by atoms with E-state index in [0.29, 0.717) is 17.8 Å². The molecule has 114 valence electrons. The van der Waals surface area contributed by atoms with Gasteiger partial charge in [-0.1, -0.05) is 13.8 Å². The highest BCUT2D eigenvalue weighted by atomic mass is 32.1. The van der Waals surface area contributed by atoms with E-state index in [1.807, 2.05) is 6.92 Å². The van der Waals surface area contributed by atoms with Gasteiger partial charge >= 0.3 is 0 Å². The Morgan fingerprint density at radius 1 is 1.33 bits per heavy atom. The van der Waals surface area contributed by atoms with Gasteiger partial charge in [-0.2, -0.15) is 4.37 Å². The van der Waals surface area contributed by atoms with Gasteiger partial charge in [0.05, 0.1) is 5.56 Å². The monoisotopic (exact) mass is 322 g/mol. The van der Waals surface area contributed by atoms with Crippen molar-refractivity contribution in [1.29, 1.82) is 0 Å². The Morgan fingerprint density at radius 3 is 2.81 bits per heavy atom. The summed E-state index contributed by atoms with van der Waals surface area (Å²) >= 11 is 3.09. The summed E-state index contributed by atoms with van der Waals surface area (Å²) in [5, 5.41) is 7.80. The number of anilines is 2. The lowest BCUT2D eigenvalue weighted by Crippen LogP contribution is -2.32. The molecule has 3 atom stereocenters. The highest BCUT2D eigenvalue weighted by Gasteiger charge is 2.27. The first-order chi connectivity index (χ1) is 10.0. The second-order valence-corrected chi connectivity index (χ2v) is 7.84. The van der Waals surface area contributed by atoms with E-state index >= 15 is 0 Å². The highest BCUT2D eigenvalue weighted by Crippen LogP contribution is 2.40. The van der Waals surface area contributed by atoms with Crippen molar-refractivity contribution in [2.24, 2.45) is 11.8 Å². The van der Waals surface area contributed by atoms with E-state index in [-0.39, 0.29) is 0 Å². The maximum atomic E-state index is 6.07. The molecule has 0 spiro atoms. The van der Waals surface area contributed by atoms with Crippen LogP contribution in [-0.4, -0.2) is 15.4 Å². The minimum absolute atomic E-state index is 0.515. The number of hydrogen-bond donors (Lipinski definition) is 2. The Bertz CT molecular complexity index is 619. The van der Waals surface area contributed by atoms with Crippen LogP contribution in [0.1, 0.15) is 38.8 Å². The topological polar surface area (TPSA) is 63.8 Å². The Balaban J connectivity index is 1.83. The summed E-state index contributed by atoms with van der Waals surface area (Å²) in [5.41, 5.74) is 8.09. The van der Waals surface area contributed by atoms with E-state index in [0.717, 1.165) is 27.2 Å². The maximum absolute atomic E-state index is 6.07. The Labute approximate surface area is 134 Å². The predicted octanol–water partition coefficient (Wildman–Crippen LogP) is 4.39. The van der Waals surface area contributed by atoms with Gasteiger partial charge in [0.1, 0.15) is 15.8 Å². The molecule has 1 aliphatic rings. The molecule has 0 amide bonds. The number of thiazole rings is 1. The molecule has 2 aromatic rings. The largest absolute Gasteiger partial charge is 0.382 e. The van der Waals surface area contributed by atoms with Gasteiger partial charge in [0, 0.05) is 17.1 Å². The summed E-state index contributed by atoms with van der Waals surface area (Å²) in [6.45, 7) is 6.69. The van der Waals surface area contributed by atoms with Crippen molar-refractivity contribution in [2.45, 2.75) is 46.1 Å². The molecule has 21 heavy (non-hydrogen) atoms. The highest BCUT2D eigenvalue weighted by molar-refractivity contribution is 7.15. The summed E-state index contributed by atoms with van der Waals surface area (Å²) in [6, 6.07) is 0.515. The molecule has 3 unspecified atom stereocenters. The van der Waals surface area contributed by atoms with E-state index in [2.05, 4.69) is 33.9 Å². The van der Waals surface area contributed by atoms with Crippen LogP contribution >= 0.6 is 22.9 Å². The van der Waals surface area contributed by atoms with E-state index in [1.54, 1.807) is 11.3 Å². The standard InChI is InChI=1S/C15H22N4S2/c1-8-4-5-11(9(2)6-8)18-15-12(13(16)19-21-15)14-17-10(3)7-20-14/h7-9,11,18H,4-6H2,1-3H3,(H2,16,19). The molecular weight excluding hydrogens is 300 g/mol. The molecule has 2 heterocycles. The fourth-order valence-corrected chi connectivity index (χ4v) is 4.82. The van der Waals surface area contributed by atoms with E-state index in [4.69, 9.17) is 5.73 Å². The minimum Gasteiger partial charge on any atom is -0.382 e. The molecule has 0 aliphatic heterocycles. The summed E-state index contributed by atoms with van der Waals surface area (Å²) in [7, 11) is 0. The minimum atomic E-state index is 0.515. The number of nitrogen functional groups attached to an aromatic ring is 1. The van der Waals surface area contributed by atoms with Gasteiger partial charge < -0.3 is 11.1 Å². The molecule has 6 heteroatoms. The average molecular weight is 323 g/mol. The van der Waals surface area contributed by atoms with Crippen LogP contribution in [0.15, 0.2) is 5.38 Å². The van der Waals surface area contributed by atoms with E-state index in [1.165, 1.54) is 30.8 Å². The van der Waals surface area contributed by atoms with Gasteiger partial charge in [-0.15, -0.1) is 11.3 Å². The van der Waals surface area contributed by atoms with Gasteiger partial charge in [0.2, 0.25) is 0 Å². The van der Waals surface area contributed by atoms with Gasteiger partial charge in [0.15, 0.2) is 0 Å². The van der Waals surface area contributed by atoms with Crippen molar-refractivity contribution in [3.05, 3.63) is 11.1 Å². The molecule has 1 saturated carbocycles. The molecular formula is C15H22N4S2. The lowest BCUT2D eigenvalue weighted by atomic mass is 9.80. The van der Waals surface area contributed by atoms with E-state index < -0.39 is 0 Å². The van der Waals surface area contributed by atoms with Crippen molar-refractivity contribution in [2.75, 3.05) is 11.1 Å². The fourth-order valence-electron chi connectivity index (χ4n) is 3.12. The maximum Gasteiger partial charge on any atom is 0.149 e. The first-order valence-corrected chi connectivity index (χ1v) is 9.14. The van der Waals surface area contributed by atoms with Gasteiger partial charge in [0.25, 0.3) is 0 Å². The Kier molecular flexibility index (Phi) is 4.17. The van der Waals surface area contributed by atoms with Gasteiger partial charge in [-0.25, -0.2) is 4.98 Å². The summed E-state index contributed by atoms with van der Waals surface area (Å²) < 4.78 is 4.33. The van der Waals surface area contributed by atoms with E-state index in [9.17, 15) is 0 Å². The molecule has 1 fully saturated rings. The van der Waals surface area contributed by atoms with Crippen LogP contribution in [0.5, 0.6) is 0 Å². The quantitative estimate of drug-likeness (QED) is 0.879. The van der Waals surface area contributed by atoms with Gasteiger partial charge in [-0.3, -0.25) is 0 Å². The molecule has 2 aromatic heterocycles. The lowest BCUT2D eigenvalue weighted by Gasteiger charge is -2.33. The number of nitrogens with zero attached hydrogens (tertiary/aromatic N) is 2. The molecule has 4 nitrogen and oxygen atoms in total. The number of rotatable bonds is 3. The molecule has 3 rings (SSSR count). The third kappa shape index (κ3) is 3.06. The molecule has 0 aromatic carbocycles. The molecule has 0 radical (unpaired) electrons. The SMILES string of the molecule is Cc1csc(-c2c(N)nsc2NC2CCC(C)CC2C)n1. The fraction of sp³-hybridized carbons (Fsp3) is 0.600. The second kappa shape index (κ2) is 5.93. The van der Waals surface area contributed by atoms with Crippen molar-refractivity contribution in [1.82, 2.24) is 9.36 Å². The third-order valence-electron chi connectivity index (χ3n) is 4.30. The third-order valence-corrected chi connectivity index (χ3v) is 6.07. The van der Waals surface area contributed by atoms with Crippen LogP contribution in [0.25, 0.3) is 10.6 Å². The zero-order chi connectivity index (χ0) is 15.0. The molecule has 1 aliphatic carbocycles. The van der Waals surface area contributed by atoms with Gasteiger partial charge in [-0.05, 0) is 49.6 Å². The van der Waals surface area contributed by atoms with Crippen molar-refractivity contribution in [3.63, 3.8) is 0 Å². The van der Waals surface area contributed by atoms with Crippen LogP contribution in [0.4, 0.5) is 10.8 Å². The second-order valence-electron chi connectivity index (χ2n) is 6.21. The van der Waals surface area contributed by atoms with Crippen LogP contribution in [0.3, 0.4) is 0 Å². The summed E-state index contributed by atoms with van der Waals surface area (Å²) in [6.07, 6.45) is 3.80. The van der Waals surface area contributed by atoms with Crippen LogP contribution < -0.4 is 11.1 Å². The van der Waals surface area contributed by atoms with Crippen molar-refractivity contribution < 1.29 is 0 Å². The predicted molar refractivity (Wildman–Crippen MR) is 92.0 cm³/mol. The Morgan fingerprint density at radius 2 is 2.14 bits per heavy atom. The number of aryl methyl sites for hydroxylation is 1. The van der Waals surface area contributed by atoms with Crippen LogP contribution in [-0.2, 0) is 0 Å². The zero-order valence-corrected chi connectivity index (χ0v) is 14.4. The summed E-state index contributed by atoms with van der Waals surface area (Å²) in [5.74, 6) is 2.11. The number of aromatic nitrogens is 2. The smallest absolute Gasteiger partial charge is 0.149 e. The molecule has 0 saturated heterocycles. The summed E-state index contributed by atoms with van der Waals surface area (Å²) in [4.78, 5) is 4.56. The first kappa shape index (κ1) is 14.8. The lowest BCUT2D eigenvalue weighted by molar-refractivity contribution is 0.277. The zero-order valence-electron chi connectivity index (χ0n) is 12.7. The van der Waals surface area contributed by atoms with Crippen molar-refractivity contribution >= 4 is 33.7 Å². The Hall–Kier alpha value is -1.14. The molecule has 3 N–H and O–H groups in total. The number of nitrogens with two attached hydrogens (primary N) is 1. The number of hydrogen-bond acceptors (Lipinski definition) is 6. The number of nitrogens with one attached hydrogen (secondary N) is 1.